The fraction of sp³-hybridized carbons (Fsp3) is 0.136. The van der Waals surface area contributed by atoms with Crippen molar-refractivity contribution in [1.82, 2.24) is 14.9 Å². The third-order valence-corrected chi connectivity index (χ3v) is 4.40. The van der Waals surface area contributed by atoms with Crippen molar-refractivity contribution in [3.8, 4) is 11.3 Å². The quantitative estimate of drug-likeness (QED) is 0.561. The molecular weight excluding hydrogens is 352 g/mol. The molecule has 0 saturated heterocycles. The summed E-state index contributed by atoms with van der Waals surface area (Å²) in [6.45, 7) is 4.71. The summed E-state index contributed by atoms with van der Waals surface area (Å²) < 4.78 is 7.10. The van der Waals surface area contributed by atoms with E-state index in [0.29, 0.717) is 18.0 Å². The van der Waals surface area contributed by atoms with Crippen molar-refractivity contribution in [3.63, 3.8) is 0 Å². The third-order valence-electron chi connectivity index (χ3n) is 4.40. The molecular formula is C22H20N4O2. The second-order valence-electron chi connectivity index (χ2n) is 6.81. The SMILES string of the molecule is Cc1ccc(-c2cc(C(=O)Nc3cnn(Cc4cccc(C)c4)c3)no2)cc1. The second kappa shape index (κ2) is 7.52. The van der Waals surface area contributed by atoms with Crippen LogP contribution in [0.5, 0.6) is 0 Å². The molecule has 0 aliphatic carbocycles. The highest BCUT2D eigenvalue weighted by Crippen LogP contribution is 2.21. The van der Waals surface area contributed by atoms with Gasteiger partial charge in [-0.1, -0.05) is 64.8 Å². The van der Waals surface area contributed by atoms with Gasteiger partial charge in [0.25, 0.3) is 5.91 Å². The van der Waals surface area contributed by atoms with Crippen LogP contribution >= 0.6 is 0 Å². The first kappa shape index (κ1) is 17.7. The lowest BCUT2D eigenvalue weighted by molar-refractivity contribution is 0.101. The molecule has 0 fully saturated rings. The molecule has 2 aromatic carbocycles. The standard InChI is InChI=1S/C22H20N4O2/c1-15-6-8-18(9-7-15)21-11-20(25-28-21)22(27)24-19-12-23-26(14-19)13-17-5-3-4-16(2)10-17/h3-12,14H,13H2,1-2H3,(H,24,27). The van der Waals surface area contributed by atoms with Gasteiger partial charge in [0.15, 0.2) is 11.5 Å². The normalized spacial score (nSPS) is 10.8. The number of hydrogen-bond donors (Lipinski definition) is 1. The molecule has 2 heterocycles. The summed E-state index contributed by atoms with van der Waals surface area (Å²) in [5.74, 6) is 0.220. The van der Waals surface area contributed by atoms with Crippen LogP contribution in [0.3, 0.4) is 0 Å². The minimum absolute atomic E-state index is 0.224. The molecule has 1 amide bonds. The molecule has 0 unspecified atom stereocenters. The van der Waals surface area contributed by atoms with Gasteiger partial charge < -0.3 is 9.84 Å². The Balaban J connectivity index is 1.43. The van der Waals surface area contributed by atoms with Crippen molar-refractivity contribution in [3.05, 3.63) is 89.4 Å². The van der Waals surface area contributed by atoms with Crippen LogP contribution in [0.4, 0.5) is 5.69 Å². The van der Waals surface area contributed by atoms with E-state index in [1.54, 1.807) is 23.1 Å². The van der Waals surface area contributed by atoms with Gasteiger partial charge in [0.1, 0.15) is 0 Å². The Hall–Kier alpha value is -3.67. The molecule has 1 N–H and O–H groups in total. The van der Waals surface area contributed by atoms with Gasteiger partial charge in [-0.3, -0.25) is 9.48 Å². The van der Waals surface area contributed by atoms with Crippen LogP contribution in [0.1, 0.15) is 27.2 Å². The van der Waals surface area contributed by atoms with E-state index >= 15 is 0 Å². The number of nitrogens with one attached hydrogen (secondary N) is 1. The molecule has 0 aliphatic rings. The Labute approximate surface area is 162 Å². The van der Waals surface area contributed by atoms with Crippen molar-refractivity contribution in [2.45, 2.75) is 20.4 Å². The van der Waals surface area contributed by atoms with Gasteiger partial charge in [-0.05, 0) is 19.4 Å². The molecule has 140 valence electrons. The highest BCUT2D eigenvalue weighted by atomic mass is 16.5. The Morgan fingerprint density at radius 3 is 2.68 bits per heavy atom. The van der Waals surface area contributed by atoms with E-state index in [0.717, 1.165) is 16.7 Å². The first-order valence-corrected chi connectivity index (χ1v) is 9.00. The van der Waals surface area contributed by atoms with Gasteiger partial charge in [0, 0.05) is 17.8 Å². The minimum Gasteiger partial charge on any atom is -0.355 e. The Bertz CT molecular complexity index is 1110. The number of hydrogen-bond acceptors (Lipinski definition) is 4. The maximum atomic E-state index is 12.5. The zero-order chi connectivity index (χ0) is 19.5. The van der Waals surface area contributed by atoms with Crippen molar-refractivity contribution < 1.29 is 9.32 Å². The fourth-order valence-corrected chi connectivity index (χ4v) is 2.94. The van der Waals surface area contributed by atoms with Crippen LogP contribution in [0, 0.1) is 13.8 Å². The van der Waals surface area contributed by atoms with Crippen LogP contribution in [0.25, 0.3) is 11.3 Å². The van der Waals surface area contributed by atoms with E-state index in [9.17, 15) is 4.79 Å². The number of benzene rings is 2. The number of rotatable bonds is 5. The molecule has 0 atom stereocenters. The van der Waals surface area contributed by atoms with Gasteiger partial charge in [0.05, 0.1) is 18.4 Å². The molecule has 0 bridgehead atoms. The first-order chi connectivity index (χ1) is 13.6. The van der Waals surface area contributed by atoms with Crippen molar-refractivity contribution in [2.75, 3.05) is 5.32 Å². The van der Waals surface area contributed by atoms with Crippen molar-refractivity contribution >= 4 is 11.6 Å². The van der Waals surface area contributed by atoms with Crippen LogP contribution < -0.4 is 5.32 Å². The van der Waals surface area contributed by atoms with Gasteiger partial charge in [-0.15, -0.1) is 0 Å². The molecule has 4 rings (SSSR count). The first-order valence-electron chi connectivity index (χ1n) is 9.00. The van der Waals surface area contributed by atoms with Gasteiger partial charge in [0.2, 0.25) is 0 Å². The van der Waals surface area contributed by atoms with E-state index in [4.69, 9.17) is 4.52 Å². The number of carbonyl (C=O) groups excluding carboxylic acids is 1. The molecule has 0 radical (unpaired) electrons. The number of carbonyl (C=O) groups is 1. The summed E-state index contributed by atoms with van der Waals surface area (Å²) in [6.07, 6.45) is 3.41. The van der Waals surface area contributed by atoms with E-state index in [1.165, 1.54) is 5.56 Å². The number of amides is 1. The lowest BCUT2D eigenvalue weighted by Gasteiger charge is -2.03. The molecule has 28 heavy (non-hydrogen) atoms. The Morgan fingerprint density at radius 2 is 1.89 bits per heavy atom. The minimum atomic E-state index is -0.336. The fourth-order valence-electron chi connectivity index (χ4n) is 2.94. The van der Waals surface area contributed by atoms with Crippen molar-refractivity contribution in [2.24, 2.45) is 0 Å². The summed E-state index contributed by atoms with van der Waals surface area (Å²) in [4.78, 5) is 12.5. The predicted molar refractivity (Wildman–Crippen MR) is 107 cm³/mol. The van der Waals surface area contributed by atoms with Gasteiger partial charge in [-0.2, -0.15) is 5.10 Å². The lowest BCUT2D eigenvalue weighted by atomic mass is 10.1. The lowest BCUT2D eigenvalue weighted by Crippen LogP contribution is -2.11. The summed E-state index contributed by atoms with van der Waals surface area (Å²) in [5, 5.41) is 11.0. The van der Waals surface area contributed by atoms with Gasteiger partial charge in [-0.25, -0.2) is 0 Å². The van der Waals surface area contributed by atoms with Crippen LogP contribution in [-0.4, -0.2) is 20.8 Å². The monoisotopic (exact) mass is 372 g/mol. The number of nitrogens with zero attached hydrogens (tertiary/aromatic N) is 3. The molecule has 0 saturated carbocycles. The number of anilines is 1. The topological polar surface area (TPSA) is 73.0 Å². The summed E-state index contributed by atoms with van der Waals surface area (Å²) in [7, 11) is 0. The number of aryl methyl sites for hydroxylation is 2. The highest BCUT2D eigenvalue weighted by molar-refractivity contribution is 6.03. The molecule has 6 nitrogen and oxygen atoms in total. The number of aromatic nitrogens is 3. The van der Waals surface area contributed by atoms with E-state index < -0.39 is 0 Å². The molecule has 2 aromatic heterocycles. The smallest absolute Gasteiger partial charge is 0.277 e. The second-order valence-corrected chi connectivity index (χ2v) is 6.81. The molecule has 4 aromatic rings. The highest BCUT2D eigenvalue weighted by Gasteiger charge is 2.14. The molecule has 0 spiro atoms. The summed E-state index contributed by atoms with van der Waals surface area (Å²) >= 11 is 0. The van der Waals surface area contributed by atoms with Crippen LogP contribution in [-0.2, 0) is 6.54 Å². The van der Waals surface area contributed by atoms with Crippen LogP contribution in [0.2, 0.25) is 0 Å². The van der Waals surface area contributed by atoms with Gasteiger partial charge >= 0.3 is 0 Å². The molecule has 6 heteroatoms. The average Bonchev–Trinajstić information content (AvgIpc) is 3.32. The van der Waals surface area contributed by atoms with E-state index in [1.807, 2.05) is 37.3 Å². The maximum absolute atomic E-state index is 12.5. The van der Waals surface area contributed by atoms with Crippen molar-refractivity contribution in [1.29, 1.82) is 0 Å². The predicted octanol–water partition coefficient (Wildman–Crippen LogP) is 4.46. The van der Waals surface area contributed by atoms with E-state index in [2.05, 4.69) is 40.7 Å². The zero-order valence-electron chi connectivity index (χ0n) is 15.7. The summed E-state index contributed by atoms with van der Waals surface area (Å²) in [5.41, 5.74) is 5.22. The third kappa shape index (κ3) is 4.01. The average molecular weight is 372 g/mol. The Kier molecular flexibility index (Phi) is 4.76. The van der Waals surface area contributed by atoms with E-state index in [-0.39, 0.29) is 11.6 Å². The van der Waals surface area contributed by atoms with Crippen LogP contribution in [0.15, 0.2) is 71.5 Å². The Morgan fingerprint density at radius 1 is 1.07 bits per heavy atom. The summed E-state index contributed by atoms with van der Waals surface area (Å²) in [6, 6.07) is 17.7. The largest absolute Gasteiger partial charge is 0.355 e. The maximum Gasteiger partial charge on any atom is 0.277 e. The molecule has 0 aliphatic heterocycles. The zero-order valence-corrected chi connectivity index (χ0v) is 15.7.